The molecule has 2 aromatic carbocycles. The maximum absolute atomic E-state index is 11.9. The molecule has 24 heavy (non-hydrogen) atoms. The summed E-state index contributed by atoms with van der Waals surface area (Å²) in [5, 5.41) is 14.3. The summed E-state index contributed by atoms with van der Waals surface area (Å²) in [6.45, 7) is 3.80. The average Bonchev–Trinajstić information content (AvgIpc) is 2.85. The summed E-state index contributed by atoms with van der Waals surface area (Å²) in [6, 6.07) is 14.2. The average molecular weight is 344 g/mol. The van der Waals surface area contributed by atoms with Gasteiger partial charge in [0.1, 0.15) is 5.69 Å². The Bertz CT molecular complexity index is 924. The molecule has 0 fully saturated rings. The van der Waals surface area contributed by atoms with Crippen molar-refractivity contribution >= 4 is 12.9 Å². The zero-order chi connectivity index (χ0) is 17.5. The van der Waals surface area contributed by atoms with Gasteiger partial charge in [-0.2, -0.15) is 9.78 Å². The largest absolute Gasteiger partial charge is 0.493 e. The van der Waals surface area contributed by atoms with Crippen molar-refractivity contribution in [3.8, 4) is 22.8 Å². The van der Waals surface area contributed by atoms with Crippen LogP contribution in [-0.4, -0.2) is 24.7 Å². The molecule has 0 unspecified atom stereocenters. The predicted molar refractivity (Wildman–Crippen MR) is 91.8 cm³/mol. The van der Waals surface area contributed by atoms with Crippen LogP contribution in [0.15, 0.2) is 48.5 Å². The maximum Gasteiger partial charge on any atom is 0.363 e. The van der Waals surface area contributed by atoms with Gasteiger partial charge in [-0.1, -0.05) is 36.4 Å². The summed E-state index contributed by atoms with van der Waals surface area (Å²) in [4.78, 5) is 19.4. The van der Waals surface area contributed by atoms with Crippen molar-refractivity contribution < 1.29 is 19.5 Å². The Morgan fingerprint density at radius 1 is 1.00 bits per heavy atom. The molecule has 124 valence electrons. The van der Waals surface area contributed by atoms with Crippen molar-refractivity contribution in [2.75, 3.05) is 0 Å². The highest BCUT2D eigenvalue weighted by atomic mass is 31.2. The van der Waals surface area contributed by atoms with Crippen LogP contribution in [0, 0.1) is 13.8 Å². The number of rotatable bonds is 3. The normalized spacial score (nSPS) is 11.7. The molecule has 1 heterocycles. The third kappa shape index (κ3) is 2.99. The molecule has 0 bridgehead atoms. The minimum atomic E-state index is -4.72. The summed E-state index contributed by atoms with van der Waals surface area (Å²) >= 11 is 0. The van der Waals surface area contributed by atoms with Crippen LogP contribution < -0.4 is 5.30 Å². The Labute approximate surface area is 139 Å². The van der Waals surface area contributed by atoms with E-state index >= 15 is 0 Å². The lowest BCUT2D eigenvalue weighted by atomic mass is 10.1. The molecule has 0 saturated heterocycles. The molecule has 0 spiro atoms. The fraction of sp³-hybridized carbons (Fsp3) is 0.118. The van der Waals surface area contributed by atoms with Crippen LogP contribution >= 0.6 is 7.60 Å². The monoisotopic (exact) mass is 344 g/mol. The van der Waals surface area contributed by atoms with E-state index < -0.39 is 18.8 Å². The van der Waals surface area contributed by atoms with Gasteiger partial charge in [0.05, 0.1) is 5.69 Å². The molecule has 3 N–H and O–H groups in total. The van der Waals surface area contributed by atoms with Gasteiger partial charge >= 0.3 is 7.60 Å². The Kier molecular flexibility index (Phi) is 4.05. The van der Waals surface area contributed by atoms with Gasteiger partial charge in [0.15, 0.2) is 5.30 Å². The second-order valence-corrected chi connectivity index (χ2v) is 7.22. The lowest BCUT2D eigenvalue weighted by Crippen LogP contribution is -2.06. The number of nitrogens with zero attached hydrogens (tertiary/aromatic N) is 2. The molecule has 3 aromatic rings. The van der Waals surface area contributed by atoms with Gasteiger partial charge in [-0.15, -0.1) is 0 Å². The van der Waals surface area contributed by atoms with Gasteiger partial charge in [-0.25, -0.2) is 0 Å². The first-order valence-corrected chi connectivity index (χ1v) is 8.91. The zero-order valence-corrected chi connectivity index (χ0v) is 14.1. The van der Waals surface area contributed by atoms with Crippen LogP contribution in [0.25, 0.3) is 16.9 Å². The van der Waals surface area contributed by atoms with Gasteiger partial charge in [0, 0.05) is 5.56 Å². The predicted octanol–water partition coefficient (Wildman–Crippen LogP) is 2.66. The highest BCUT2D eigenvalue weighted by Crippen LogP contribution is 2.42. The Hall–Kier alpha value is -2.40. The maximum atomic E-state index is 11.9. The number of hydrogen-bond donors (Lipinski definition) is 3. The fourth-order valence-electron chi connectivity index (χ4n) is 2.71. The number of benzene rings is 2. The molecular weight excluding hydrogens is 327 g/mol. The fourth-order valence-corrected chi connectivity index (χ4v) is 3.52. The molecule has 0 aliphatic carbocycles. The van der Waals surface area contributed by atoms with Crippen LogP contribution in [0.3, 0.4) is 0 Å². The van der Waals surface area contributed by atoms with E-state index in [-0.39, 0.29) is 5.69 Å². The summed E-state index contributed by atoms with van der Waals surface area (Å²) in [5.74, 6) is -0.549. The SMILES string of the molecule is Cc1cc(C)cc(-n2nc(-c3ccccc3)c(P(=O)(O)O)c2O)c1. The van der Waals surface area contributed by atoms with Gasteiger partial charge in [0.25, 0.3) is 0 Å². The van der Waals surface area contributed by atoms with E-state index in [9.17, 15) is 19.5 Å². The van der Waals surface area contributed by atoms with Gasteiger partial charge in [-0.05, 0) is 37.1 Å². The summed E-state index contributed by atoms with van der Waals surface area (Å²) < 4.78 is 13.1. The number of hydrogen-bond acceptors (Lipinski definition) is 3. The van der Waals surface area contributed by atoms with E-state index in [1.165, 1.54) is 0 Å². The van der Waals surface area contributed by atoms with Crippen molar-refractivity contribution in [3.63, 3.8) is 0 Å². The lowest BCUT2D eigenvalue weighted by Gasteiger charge is -2.07. The molecular formula is C17H17N2O4P. The molecule has 0 atom stereocenters. The standard InChI is InChI=1S/C17H17N2O4P/c1-11-8-12(2)10-14(9-11)19-17(20)16(24(21,22)23)15(18-19)13-6-4-3-5-7-13/h3-10,20H,1-2H3,(H2,21,22,23). The van der Waals surface area contributed by atoms with Crippen LogP contribution in [0.4, 0.5) is 0 Å². The van der Waals surface area contributed by atoms with Crippen LogP contribution in [0.5, 0.6) is 5.88 Å². The third-order valence-electron chi connectivity index (χ3n) is 3.63. The van der Waals surface area contributed by atoms with Crippen molar-refractivity contribution in [2.45, 2.75) is 13.8 Å². The quantitative estimate of drug-likeness (QED) is 0.635. The van der Waals surface area contributed by atoms with Crippen molar-refractivity contribution in [3.05, 3.63) is 59.7 Å². The van der Waals surface area contributed by atoms with Gasteiger partial charge < -0.3 is 14.9 Å². The molecule has 0 saturated carbocycles. The smallest absolute Gasteiger partial charge is 0.363 e. The topological polar surface area (TPSA) is 95.6 Å². The molecule has 1 aromatic heterocycles. The van der Waals surface area contributed by atoms with E-state index in [1.54, 1.807) is 42.5 Å². The van der Waals surface area contributed by atoms with E-state index in [2.05, 4.69) is 5.10 Å². The van der Waals surface area contributed by atoms with E-state index in [0.717, 1.165) is 15.8 Å². The molecule has 0 aliphatic heterocycles. The summed E-state index contributed by atoms with van der Waals surface area (Å²) in [5.41, 5.74) is 3.05. The first kappa shape index (κ1) is 16.5. The molecule has 0 amide bonds. The second-order valence-electron chi connectivity index (χ2n) is 5.69. The minimum Gasteiger partial charge on any atom is -0.493 e. The highest BCUT2D eigenvalue weighted by Gasteiger charge is 2.32. The van der Waals surface area contributed by atoms with Crippen molar-refractivity contribution in [2.24, 2.45) is 0 Å². The first-order valence-electron chi connectivity index (χ1n) is 7.29. The molecule has 0 radical (unpaired) electrons. The van der Waals surface area contributed by atoms with Gasteiger partial charge in [0.2, 0.25) is 5.88 Å². The number of aromatic nitrogens is 2. The Morgan fingerprint density at radius 2 is 1.58 bits per heavy atom. The second kappa shape index (κ2) is 5.91. The van der Waals surface area contributed by atoms with Crippen LogP contribution in [0.1, 0.15) is 11.1 Å². The summed E-state index contributed by atoms with van der Waals surface area (Å²) in [7, 11) is -4.72. The van der Waals surface area contributed by atoms with E-state index in [4.69, 9.17) is 0 Å². The zero-order valence-electron chi connectivity index (χ0n) is 13.2. The summed E-state index contributed by atoms with van der Waals surface area (Å²) in [6.07, 6.45) is 0. The van der Waals surface area contributed by atoms with Crippen LogP contribution in [-0.2, 0) is 4.57 Å². The minimum absolute atomic E-state index is 0.0700. The highest BCUT2D eigenvalue weighted by molar-refractivity contribution is 7.60. The Balaban J connectivity index is 2.30. The van der Waals surface area contributed by atoms with Crippen molar-refractivity contribution in [1.82, 2.24) is 9.78 Å². The lowest BCUT2D eigenvalue weighted by molar-refractivity contribution is 0.383. The van der Waals surface area contributed by atoms with Gasteiger partial charge in [-0.3, -0.25) is 4.57 Å². The molecule has 7 heteroatoms. The number of aromatic hydroxyl groups is 1. The molecule has 3 rings (SSSR count). The van der Waals surface area contributed by atoms with E-state index in [1.807, 2.05) is 19.9 Å². The Morgan fingerprint density at radius 3 is 2.12 bits per heavy atom. The molecule has 0 aliphatic rings. The number of aryl methyl sites for hydroxylation is 2. The van der Waals surface area contributed by atoms with E-state index in [0.29, 0.717) is 11.3 Å². The third-order valence-corrected chi connectivity index (χ3v) is 4.62. The van der Waals surface area contributed by atoms with Crippen LogP contribution in [0.2, 0.25) is 0 Å². The first-order chi connectivity index (χ1) is 11.3. The van der Waals surface area contributed by atoms with Crippen molar-refractivity contribution in [1.29, 1.82) is 0 Å². The molecule has 6 nitrogen and oxygen atoms in total.